The van der Waals surface area contributed by atoms with E-state index in [0.29, 0.717) is 15.1 Å². The highest BCUT2D eigenvalue weighted by molar-refractivity contribution is 9.10. The lowest BCUT2D eigenvalue weighted by atomic mass is 10.1. The number of hydrogen-bond acceptors (Lipinski definition) is 3. The number of ketones is 1. The van der Waals surface area contributed by atoms with E-state index in [4.69, 9.17) is 11.6 Å². The molecule has 0 radical (unpaired) electrons. The maximum Gasteiger partial charge on any atom is 0.220 e. The number of halogens is 2. The topological polar surface area (TPSA) is 54.4 Å². The molecule has 0 atom stereocenters. The Morgan fingerprint density at radius 3 is 2.62 bits per heavy atom. The number of rotatable bonds is 3. The molecule has 2 rings (SSSR count). The zero-order valence-corrected chi connectivity index (χ0v) is 13.1. The van der Waals surface area contributed by atoms with E-state index in [-0.39, 0.29) is 5.56 Å². The second-order valence-electron chi connectivity index (χ2n) is 4.21. The number of benzene rings is 1. The molecule has 0 saturated carbocycles. The monoisotopic (exact) mass is 364 g/mol. The van der Waals surface area contributed by atoms with Gasteiger partial charge in [0.1, 0.15) is 0 Å². The van der Waals surface area contributed by atoms with Gasteiger partial charge in [-0.1, -0.05) is 45.7 Å². The fourth-order valence-corrected chi connectivity index (χ4v) is 2.23. The first-order valence-electron chi connectivity index (χ1n) is 5.99. The first kappa shape index (κ1) is 15.5. The van der Waals surface area contributed by atoms with Gasteiger partial charge in [-0.05, 0) is 42.0 Å². The van der Waals surface area contributed by atoms with Crippen LogP contribution in [0.4, 0.5) is 0 Å². The lowest BCUT2D eigenvalue weighted by Gasteiger charge is -1.98. The number of carbonyl (C=O) groups is 1. The van der Waals surface area contributed by atoms with Gasteiger partial charge in [0.05, 0.1) is 5.56 Å². The molecule has 0 saturated heterocycles. The SMILES string of the molecule is O=C(/C=C/c1ccccc1Cl)c1cc(Br)ccc(=O)c1O. The molecule has 0 heterocycles. The van der Waals surface area contributed by atoms with Gasteiger partial charge in [-0.3, -0.25) is 9.59 Å². The summed E-state index contributed by atoms with van der Waals surface area (Å²) in [6.45, 7) is 0. The standard InChI is InChI=1S/C16H10BrClO3/c17-11-6-8-15(20)16(21)12(9-11)14(19)7-5-10-3-1-2-4-13(10)18/h1-9H,(H,20,21)/b7-5+. The Morgan fingerprint density at radius 1 is 1.19 bits per heavy atom. The van der Waals surface area contributed by atoms with Gasteiger partial charge < -0.3 is 5.11 Å². The summed E-state index contributed by atoms with van der Waals surface area (Å²) in [6, 6.07) is 11.1. The summed E-state index contributed by atoms with van der Waals surface area (Å²) in [5, 5.41) is 10.3. The van der Waals surface area contributed by atoms with Crippen molar-refractivity contribution in [3.05, 3.63) is 79.4 Å². The molecular weight excluding hydrogens is 356 g/mol. The molecule has 0 fully saturated rings. The van der Waals surface area contributed by atoms with E-state index in [0.717, 1.165) is 0 Å². The predicted octanol–water partition coefficient (Wildman–Crippen LogP) is 4.06. The van der Waals surface area contributed by atoms with Crippen LogP contribution in [-0.2, 0) is 0 Å². The minimum Gasteiger partial charge on any atom is -0.504 e. The molecule has 3 nitrogen and oxygen atoms in total. The Labute approximate surface area is 134 Å². The fourth-order valence-electron chi connectivity index (χ4n) is 1.67. The minimum atomic E-state index is -0.616. The summed E-state index contributed by atoms with van der Waals surface area (Å²) in [7, 11) is 0. The average Bonchev–Trinajstić information content (AvgIpc) is 2.60. The molecule has 0 bridgehead atoms. The van der Waals surface area contributed by atoms with Crippen molar-refractivity contribution in [3.63, 3.8) is 0 Å². The first-order chi connectivity index (χ1) is 9.99. The molecule has 5 heteroatoms. The summed E-state index contributed by atoms with van der Waals surface area (Å²) in [5.74, 6) is -1.06. The Balaban J connectivity index is 2.41. The molecule has 0 aliphatic heterocycles. The molecule has 0 spiro atoms. The first-order valence-corrected chi connectivity index (χ1v) is 7.16. The summed E-state index contributed by atoms with van der Waals surface area (Å²) < 4.78 is 0.523. The van der Waals surface area contributed by atoms with E-state index in [2.05, 4.69) is 15.9 Å². The van der Waals surface area contributed by atoms with Gasteiger partial charge in [-0.2, -0.15) is 0 Å². The van der Waals surface area contributed by atoms with Gasteiger partial charge >= 0.3 is 0 Å². The number of aromatic hydroxyl groups is 1. The van der Waals surface area contributed by atoms with Crippen LogP contribution in [0.1, 0.15) is 15.9 Å². The highest BCUT2D eigenvalue weighted by Crippen LogP contribution is 2.19. The second kappa shape index (κ2) is 6.70. The van der Waals surface area contributed by atoms with Crippen molar-refractivity contribution >= 4 is 39.4 Å². The molecule has 0 aromatic heterocycles. The Hall–Kier alpha value is -1.91. The highest BCUT2D eigenvalue weighted by atomic mass is 79.9. The molecule has 0 unspecified atom stereocenters. The van der Waals surface area contributed by atoms with E-state index in [1.54, 1.807) is 24.3 Å². The average molecular weight is 366 g/mol. The largest absolute Gasteiger partial charge is 0.504 e. The third kappa shape index (κ3) is 3.80. The molecule has 21 heavy (non-hydrogen) atoms. The Morgan fingerprint density at radius 2 is 1.90 bits per heavy atom. The maximum absolute atomic E-state index is 12.1. The van der Waals surface area contributed by atoms with Gasteiger partial charge in [0, 0.05) is 9.50 Å². The molecule has 1 N–H and O–H groups in total. The van der Waals surface area contributed by atoms with Crippen LogP contribution in [0.3, 0.4) is 0 Å². The normalized spacial score (nSPS) is 10.8. The van der Waals surface area contributed by atoms with Gasteiger partial charge in [-0.25, -0.2) is 0 Å². The molecule has 0 aliphatic carbocycles. The third-order valence-electron chi connectivity index (χ3n) is 2.75. The number of carbonyl (C=O) groups excluding carboxylic acids is 1. The second-order valence-corrected chi connectivity index (χ2v) is 5.53. The van der Waals surface area contributed by atoms with Gasteiger partial charge in [0.25, 0.3) is 0 Å². The molecule has 106 valence electrons. The van der Waals surface area contributed by atoms with Crippen molar-refractivity contribution < 1.29 is 9.90 Å². The number of allylic oxidation sites excluding steroid dienone is 1. The van der Waals surface area contributed by atoms with Crippen LogP contribution in [0.5, 0.6) is 5.75 Å². The van der Waals surface area contributed by atoms with E-state index in [9.17, 15) is 14.7 Å². The van der Waals surface area contributed by atoms with Gasteiger partial charge in [0.2, 0.25) is 5.43 Å². The Kier molecular flexibility index (Phi) is 4.94. The molecule has 0 aliphatic rings. The van der Waals surface area contributed by atoms with Gasteiger partial charge in [-0.15, -0.1) is 0 Å². The van der Waals surface area contributed by atoms with Crippen molar-refractivity contribution in [2.75, 3.05) is 0 Å². The van der Waals surface area contributed by atoms with Crippen molar-refractivity contribution in [2.24, 2.45) is 0 Å². The summed E-state index contributed by atoms with van der Waals surface area (Å²) in [6.07, 6.45) is 2.80. The molecule has 2 aromatic rings. The van der Waals surface area contributed by atoms with Crippen molar-refractivity contribution in [1.82, 2.24) is 0 Å². The minimum absolute atomic E-state index is 0.0693. The van der Waals surface area contributed by atoms with Crippen molar-refractivity contribution in [2.45, 2.75) is 0 Å². The fraction of sp³-hybridized carbons (Fsp3) is 0. The molecule has 2 aromatic carbocycles. The van der Waals surface area contributed by atoms with Crippen LogP contribution in [0.2, 0.25) is 5.02 Å². The summed E-state index contributed by atoms with van der Waals surface area (Å²) in [5.41, 5.74) is -0.0101. The van der Waals surface area contributed by atoms with E-state index < -0.39 is 17.0 Å². The van der Waals surface area contributed by atoms with Crippen LogP contribution in [0.15, 0.2) is 57.8 Å². The molecule has 0 amide bonds. The summed E-state index contributed by atoms with van der Waals surface area (Å²) in [4.78, 5) is 23.7. The third-order valence-corrected chi connectivity index (χ3v) is 3.59. The van der Waals surface area contributed by atoms with Crippen LogP contribution in [0.25, 0.3) is 6.08 Å². The predicted molar refractivity (Wildman–Crippen MR) is 86.9 cm³/mol. The van der Waals surface area contributed by atoms with Crippen LogP contribution >= 0.6 is 27.5 Å². The van der Waals surface area contributed by atoms with E-state index in [1.165, 1.54) is 30.4 Å². The Bertz CT molecular complexity index is 785. The lowest BCUT2D eigenvalue weighted by molar-refractivity contribution is 0.104. The van der Waals surface area contributed by atoms with Crippen LogP contribution < -0.4 is 5.43 Å². The quantitative estimate of drug-likeness (QED) is 0.659. The molecular formula is C16H10BrClO3. The van der Waals surface area contributed by atoms with Crippen LogP contribution in [0, 0.1) is 0 Å². The number of hydrogen-bond donors (Lipinski definition) is 1. The van der Waals surface area contributed by atoms with E-state index in [1.807, 2.05) is 0 Å². The van der Waals surface area contributed by atoms with Crippen molar-refractivity contribution in [1.29, 1.82) is 0 Å². The van der Waals surface area contributed by atoms with Crippen molar-refractivity contribution in [3.8, 4) is 5.75 Å². The van der Waals surface area contributed by atoms with E-state index >= 15 is 0 Å². The zero-order valence-electron chi connectivity index (χ0n) is 10.7. The van der Waals surface area contributed by atoms with Gasteiger partial charge in [0.15, 0.2) is 11.5 Å². The zero-order chi connectivity index (χ0) is 15.4. The van der Waals surface area contributed by atoms with Crippen LogP contribution in [-0.4, -0.2) is 10.9 Å². The maximum atomic E-state index is 12.1. The highest BCUT2D eigenvalue weighted by Gasteiger charge is 2.11. The summed E-state index contributed by atoms with van der Waals surface area (Å²) >= 11 is 9.18. The lowest BCUT2D eigenvalue weighted by Crippen LogP contribution is -2.01. The smallest absolute Gasteiger partial charge is 0.220 e.